The average Bonchev–Trinajstić information content (AvgIpc) is 2.51. The van der Waals surface area contributed by atoms with Gasteiger partial charge in [0.25, 0.3) is 0 Å². The number of aliphatic hydroxyl groups is 1. The van der Waals surface area contributed by atoms with E-state index >= 15 is 0 Å². The minimum atomic E-state index is -0.454. The highest BCUT2D eigenvalue weighted by atomic mass is 16.3. The first-order valence-corrected chi connectivity index (χ1v) is 6.15. The molecular weight excluding hydrogens is 172 g/mol. The molecule has 1 heteroatoms. The van der Waals surface area contributed by atoms with Gasteiger partial charge in [0.1, 0.15) is 0 Å². The van der Waals surface area contributed by atoms with Gasteiger partial charge in [-0.15, -0.1) is 0 Å². The lowest BCUT2D eigenvalue weighted by atomic mass is 9.87. The van der Waals surface area contributed by atoms with Crippen molar-refractivity contribution in [1.82, 2.24) is 0 Å². The van der Waals surface area contributed by atoms with Gasteiger partial charge in [-0.1, -0.05) is 26.7 Å². The van der Waals surface area contributed by atoms with Gasteiger partial charge in [-0.2, -0.15) is 0 Å². The number of hydrogen-bond donors (Lipinski definition) is 1. The van der Waals surface area contributed by atoms with E-state index < -0.39 is 5.60 Å². The molecule has 0 heterocycles. The predicted molar refractivity (Wildman–Crippen MR) is 61.2 cm³/mol. The van der Waals surface area contributed by atoms with Gasteiger partial charge in [0.15, 0.2) is 0 Å². The van der Waals surface area contributed by atoms with Crippen molar-refractivity contribution < 1.29 is 5.11 Å². The Kier molecular flexibility index (Phi) is 4.00. The molecule has 1 N–H and O–H groups in total. The molecule has 1 fully saturated rings. The summed E-state index contributed by atoms with van der Waals surface area (Å²) in [6, 6.07) is 0. The van der Waals surface area contributed by atoms with Crippen LogP contribution in [0.2, 0.25) is 0 Å². The van der Waals surface area contributed by atoms with E-state index in [4.69, 9.17) is 0 Å². The molecule has 0 aromatic carbocycles. The van der Waals surface area contributed by atoms with E-state index in [2.05, 4.69) is 13.8 Å². The molecule has 14 heavy (non-hydrogen) atoms. The number of hydrogen-bond acceptors (Lipinski definition) is 1. The van der Waals surface area contributed by atoms with Crippen LogP contribution in [0.1, 0.15) is 59.8 Å². The molecule has 0 spiro atoms. The summed E-state index contributed by atoms with van der Waals surface area (Å²) < 4.78 is 0. The van der Waals surface area contributed by atoms with Gasteiger partial charge >= 0.3 is 0 Å². The zero-order valence-corrected chi connectivity index (χ0v) is 10.2. The van der Waals surface area contributed by atoms with Crippen molar-refractivity contribution in [3.8, 4) is 0 Å². The van der Waals surface area contributed by atoms with Crippen LogP contribution in [0.5, 0.6) is 0 Å². The molecule has 0 amide bonds. The summed E-state index contributed by atoms with van der Waals surface area (Å²) in [5, 5.41) is 9.93. The van der Waals surface area contributed by atoms with Crippen molar-refractivity contribution in [3.63, 3.8) is 0 Å². The third-order valence-electron chi connectivity index (χ3n) is 3.97. The molecule has 1 nitrogen and oxygen atoms in total. The van der Waals surface area contributed by atoms with Crippen LogP contribution in [0.15, 0.2) is 0 Å². The Bertz CT molecular complexity index is 169. The Morgan fingerprint density at radius 3 is 2.43 bits per heavy atom. The van der Waals surface area contributed by atoms with Crippen molar-refractivity contribution in [2.24, 2.45) is 17.8 Å². The molecule has 0 saturated heterocycles. The van der Waals surface area contributed by atoms with E-state index in [9.17, 15) is 5.11 Å². The molecule has 3 atom stereocenters. The van der Waals surface area contributed by atoms with Gasteiger partial charge in [0, 0.05) is 0 Å². The van der Waals surface area contributed by atoms with E-state index in [0.717, 1.165) is 11.8 Å². The molecule has 1 aliphatic carbocycles. The molecule has 0 aliphatic heterocycles. The second-order valence-corrected chi connectivity index (χ2v) is 5.78. The maximum Gasteiger partial charge on any atom is 0.0619 e. The van der Waals surface area contributed by atoms with Gasteiger partial charge in [-0.25, -0.2) is 0 Å². The Hall–Kier alpha value is -0.0400. The van der Waals surface area contributed by atoms with Crippen LogP contribution in [0.25, 0.3) is 0 Å². The van der Waals surface area contributed by atoms with Crippen LogP contribution in [0.4, 0.5) is 0 Å². The maximum atomic E-state index is 9.93. The fourth-order valence-corrected chi connectivity index (χ4v) is 2.67. The molecular formula is C13H26O. The second kappa shape index (κ2) is 4.65. The van der Waals surface area contributed by atoms with Gasteiger partial charge in [-0.05, 0) is 50.9 Å². The van der Waals surface area contributed by atoms with Crippen molar-refractivity contribution in [2.75, 3.05) is 0 Å². The Morgan fingerprint density at radius 2 is 2.00 bits per heavy atom. The van der Waals surface area contributed by atoms with E-state index in [1.807, 2.05) is 13.8 Å². The maximum absolute atomic E-state index is 9.93. The third kappa shape index (κ3) is 3.27. The topological polar surface area (TPSA) is 20.2 Å². The number of rotatable bonds is 4. The largest absolute Gasteiger partial charge is 0.390 e. The second-order valence-electron chi connectivity index (χ2n) is 5.78. The van der Waals surface area contributed by atoms with Crippen molar-refractivity contribution >= 4 is 0 Å². The normalized spacial score (nSPS) is 30.6. The SMILES string of the molecule is CCC(C)CC1CCC(C(C)(C)O)C1. The highest BCUT2D eigenvalue weighted by Gasteiger charge is 2.34. The van der Waals surface area contributed by atoms with Gasteiger partial charge in [0.05, 0.1) is 5.60 Å². The summed E-state index contributed by atoms with van der Waals surface area (Å²) >= 11 is 0. The lowest BCUT2D eigenvalue weighted by molar-refractivity contribution is 0.0179. The van der Waals surface area contributed by atoms with Gasteiger partial charge in [0.2, 0.25) is 0 Å². The van der Waals surface area contributed by atoms with Crippen molar-refractivity contribution in [3.05, 3.63) is 0 Å². The predicted octanol–water partition coefficient (Wildman–Crippen LogP) is 3.61. The van der Waals surface area contributed by atoms with E-state index in [0.29, 0.717) is 5.92 Å². The standard InChI is InChI=1S/C13H26O/c1-5-10(2)8-11-6-7-12(9-11)13(3,4)14/h10-12,14H,5-9H2,1-4H3. The zero-order chi connectivity index (χ0) is 10.8. The first-order chi connectivity index (χ1) is 6.43. The molecule has 1 rings (SSSR count). The molecule has 84 valence electrons. The molecule has 0 bridgehead atoms. The third-order valence-corrected chi connectivity index (χ3v) is 3.97. The summed E-state index contributed by atoms with van der Waals surface area (Å²) in [5.74, 6) is 2.28. The van der Waals surface area contributed by atoms with E-state index in [-0.39, 0.29) is 0 Å². The summed E-state index contributed by atoms with van der Waals surface area (Å²) in [7, 11) is 0. The smallest absolute Gasteiger partial charge is 0.0619 e. The van der Waals surface area contributed by atoms with Gasteiger partial charge in [-0.3, -0.25) is 0 Å². The van der Waals surface area contributed by atoms with Crippen LogP contribution >= 0.6 is 0 Å². The Labute approximate surface area is 88.9 Å². The quantitative estimate of drug-likeness (QED) is 0.731. The Balaban J connectivity index is 2.34. The minimum Gasteiger partial charge on any atom is -0.390 e. The molecule has 0 aromatic rings. The van der Waals surface area contributed by atoms with Crippen LogP contribution in [0.3, 0.4) is 0 Å². The summed E-state index contributed by atoms with van der Waals surface area (Å²) in [5.41, 5.74) is -0.454. The summed E-state index contributed by atoms with van der Waals surface area (Å²) in [6.45, 7) is 8.54. The minimum absolute atomic E-state index is 0.454. The van der Waals surface area contributed by atoms with Crippen molar-refractivity contribution in [2.45, 2.75) is 65.4 Å². The van der Waals surface area contributed by atoms with Crippen LogP contribution in [-0.4, -0.2) is 10.7 Å². The molecule has 1 aliphatic rings. The highest BCUT2D eigenvalue weighted by Crippen LogP contribution is 2.40. The van der Waals surface area contributed by atoms with E-state index in [1.54, 1.807) is 0 Å². The molecule has 3 unspecified atom stereocenters. The zero-order valence-electron chi connectivity index (χ0n) is 10.2. The fraction of sp³-hybridized carbons (Fsp3) is 1.00. The van der Waals surface area contributed by atoms with Crippen LogP contribution in [0, 0.1) is 17.8 Å². The molecule has 0 aromatic heterocycles. The van der Waals surface area contributed by atoms with Crippen LogP contribution < -0.4 is 0 Å². The monoisotopic (exact) mass is 198 g/mol. The lowest BCUT2D eigenvalue weighted by Gasteiger charge is -2.25. The summed E-state index contributed by atoms with van der Waals surface area (Å²) in [4.78, 5) is 0. The van der Waals surface area contributed by atoms with E-state index in [1.165, 1.54) is 32.1 Å². The lowest BCUT2D eigenvalue weighted by Crippen LogP contribution is -2.28. The van der Waals surface area contributed by atoms with Gasteiger partial charge < -0.3 is 5.11 Å². The van der Waals surface area contributed by atoms with Crippen molar-refractivity contribution in [1.29, 1.82) is 0 Å². The average molecular weight is 198 g/mol. The summed E-state index contributed by atoms with van der Waals surface area (Å²) in [6.07, 6.45) is 6.46. The molecule has 0 radical (unpaired) electrons. The van der Waals surface area contributed by atoms with Crippen LogP contribution in [-0.2, 0) is 0 Å². The highest BCUT2D eigenvalue weighted by molar-refractivity contribution is 4.86. The first kappa shape index (κ1) is 12.0. The first-order valence-electron chi connectivity index (χ1n) is 6.15. The fourth-order valence-electron chi connectivity index (χ4n) is 2.67. The Morgan fingerprint density at radius 1 is 1.36 bits per heavy atom. The molecule has 1 saturated carbocycles.